The first-order valence-electron chi connectivity index (χ1n) is 21.2. The van der Waals surface area contributed by atoms with Crippen molar-refractivity contribution in [3.8, 4) is 5.75 Å². The summed E-state index contributed by atoms with van der Waals surface area (Å²) in [5.41, 5.74) is 3.08. The van der Waals surface area contributed by atoms with Gasteiger partial charge < -0.3 is 19.3 Å². The maximum Gasteiger partial charge on any atom is 0.264 e. The molecule has 9 rings (SSSR count). The highest BCUT2D eigenvalue weighted by molar-refractivity contribution is 7.91. The predicted octanol–water partition coefficient (Wildman–Crippen LogP) is 6.97. The molecule has 0 aromatic heterocycles. The molecule has 7 aliphatic rings. The van der Waals surface area contributed by atoms with Crippen LogP contribution in [-0.2, 0) is 26.6 Å². The van der Waals surface area contributed by atoms with Gasteiger partial charge in [-0.05, 0) is 144 Å². The molecular weight excluding hydrogens is 732 g/mol. The number of rotatable bonds is 5. The minimum atomic E-state index is -3.93. The summed E-state index contributed by atoms with van der Waals surface area (Å²) in [4.78, 5) is 21.6. The number of ether oxygens (including phenoxy) is 2. The Morgan fingerprint density at radius 3 is 2.76 bits per heavy atom. The molecule has 2 aromatic rings. The number of fused-ring (bicyclic) bond motifs is 6. The Kier molecular flexibility index (Phi) is 10.1. The molecule has 2 aromatic carbocycles. The largest absolute Gasteiger partial charge is 0.490 e. The number of benzene rings is 2. The van der Waals surface area contributed by atoms with Gasteiger partial charge >= 0.3 is 0 Å². The number of hydrogen-bond acceptors (Lipinski definition) is 8. The van der Waals surface area contributed by atoms with E-state index < -0.39 is 26.3 Å². The Balaban J connectivity index is 1.09. The minimum Gasteiger partial charge on any atom is -0.490 e. The molecule has 3 aliphatic carbocycles. The third-order valence-corrected chi connectivity index (χ3v) is 17.4. The summed E-state index contributed by atoms with van der Waals surface area (Å²) in [6.45, 7) is 12.2. The summed E-state index contributed by atoms with van der Waals surface area (Å²) in [7, 11) is -3.93. The maximum absolute atomic E-state index is 13.8. The number of carbonyl (C=O) groups is 1. The van der Waals surface area contributed by atoms with Crippen molar-refractivity contribution >= 4 is 33.2 Å². The van der Waals surface area contributed by atoms with E-state index in [1.807, 2.05) is 18.2 Å². The Morgan fingerprint density at radius 2 is 1.93 bits per heavy atom. The first-order valence-corrected chi connectivity index (χ1v) is 23.0. The summed E-state index contributed by atoms with van der Waals surface area (Å²) in [5.74, 6) is 0.786. The number of nitrogens with zero attached hydrogens (tertiary/aromatic N) is 3. The van der Waals surface area contributed by atoms with Crippen molar-refractivity contribution < 1.29 is 22.7 Å². The summed E-state index contributed by atoms with van der Waals surface area (Å²) >= 11 is 6.53. The highest BCUT2D eigenvalue weighted by atomic mass is 35.5. The molecular formula is C44H59ClN4O5S. The van der Waals surface area contributed by atoms with Crippen LogP contribution in [0.15, 0.2) is 48.6 Å². The molecule has 7 atom stereocenters. The second-order valence-electron chi connectivity index (χ2n) is 18.1. The van der Waals surface area contributed by atoms with E-state index in [2.05, 4.69) is 50.6 Å². The van der Waals surface area contributed by atoms with E-state index in [9.17, 15) is 13.2 Å². The van der Waals surface area contributed by atoms with Gasteiger partial charge in [-0.25, -0.2) is 13.1 Å². The fraction of sp³-hybridized carbons (Fsp3) is 0.659. The fourth-order valence-electron chi connectivity index (χ4n) is 11.4. The van der Waals surface area contributed by atoms with Crippen molar-refractivity contribution in [2.75, 3.05) is 63.9 Å². The topological polar surface area (TPSA) is 91.4 Å². The van der Waals surface area contributed by atoms with Crippen molar-refractivity contribution in [1.29, 1.82) is 0 Å². The molecule has 4 aliphatic heterocycles. The number of sulfonamides is 1. The first-order chi connectivity index (χ1) is 26.5. The molecule has 2 saturated carbocycles. The van der Waals surface area contributed by atoms with Crippen LogP contribution in [0.3, 0.4) is 0 Å². The van der Waals surface area contributed by atoms with Gasteiger partial charge in [-0.15, -0.1) is 0 Å². The summed E-state index contributed by atoms with van der Waals surface area (Å²) in [5, 5.41) is 0.758. The molecule has 9 nitrogen and oxygen atoms in total. The summed E-state index contributed by atoms with van der Waals surface area (Å²) in [6, 6.07) is 12.4. The van der Waals surface area contributed by atoms with Crippen LogP contribution in [0.25, 0.3) is 0 Å². The second-order valence-corrected chi connectivity index (χ2v) is 20.7. The van der Waals surface area contributed by atoms with Crippen molar-refractivity contribution in [1.82, 2.24) is 14.5 Å². The van der Waals surface area contributed by atoms with Crippen molar-refractivity contribution in [2.45, 2.75) is 106 Å². The third kappa shape index (κ3) is 6.93. The fourth-order valence-corrected chi connectivity index (χ4v) is 13.2. The predicted molar refractivity (Wildman–Crippen MR) is 218 cm³/mol. The lowest BCUT2D eigenvalue weighted by Gasteiger charge is -2.52. The minimum absolute atomic E-state index is 0.0572. The van der Waals surface area contributed by atoms with Crippen molar-refractivity contribution in [3.63, 3.8) is 0 Å². The van der Waals surface area contributed by atoms with Crippen molar-refractivity contribution in [3.05, 3.63) is 70.3 Å². The summed E-state index contributed by atoms with van der Waals surface area (Å²) in [6.07, 6.45) is 15.8. The second kappa shape index (κ2) is 14.6. The van der Waals surface area contributed by atoms with Gasteiger partial charge in [-0.2, -0.15) is 0 Å². The van der Waals surface area contributed by atoms with Gasteiger partial charge in [-0.3, -0.25) is 9.69 Å². The summed E-state index contributed by atoms with van der Waals surface area (Å²) < 4.78 is 42.9. The zero-order valence-corrected chi connectivity index (χ0v) is 34.3. The van der Waals surface area contributed by atoms with Crippen LogP contribution in [0.5, 0.6) is 5.75 Å². The first kappa shape index (κ1) is 37.9. The van der Waals surface area contributed by atoms with Crippen LogP contribution in [0, 0.1) is 17.8 Å². The number of halogens is 1. The molecule has 11 heteroatoms. The standard InChI is InChI=1S/C44H59ClN4O5S/c1-3-54-44(19-21-47-22-23-48-20-5-4-10-36(48)28-47)18-7-9-34-26-42(34,2)55(51,52)46-41(50)32-12-16-40-39(25-32)49(27-33-11-14-38(33)44)29-43(30-53-40)17-6-8-31-24-35(45)13-15-37(31)43/h7,12-13,15-16,18,24-25,33-34,36,38H,3-6,8-11,14,17,19-23,26-30H2,1-2H3,(H,46,50)/b18-7+/t33-,34+,36+,38+,42+,43-,44-/m0/s1. The average molecular weight is 791 g/mol. The Labute approximate surface area is 333 Å². The molecule has 2 bridgehead atoms. The van der Waals surface area contributed by atoms with Gasteiger partial charge in [0, 0.05) is 67.9 Å². The van der Waals surface area contributed by atoms with E-state index in [1.165, 1.54) is 36.9 Å². The Bertz CT molecular complexity index is 1940. The molecule has 1 amide bonds. The number of aryl methyl sites for hydroxylation is 1. The molecule has 55 heavy (non-hydrogen) atoms. The van der Waals surface area contributed by atoms with Gasteiger partial charge in [0.05, 0.1) is 22.6 Å². The molecule has 4 heterocycles. The van der Waals surface area contributed by atoms with Crippen LogP contribution < -0.4 is 14.4 Å². The van der Waals surface area contributed by atoms with Gasteiger partial charge in [0.25, 0.3) is 5.91 Å². The average Bonchev–Trinajstić information content (AvgIpc) is 3.87. The SMILES string of the molecule is CCO[C@]1(CCN2CCN3CCCC[C@@H]3C2)/C=C/C[C@@H]2C[C@@]2(C)S(=O)(=O)NC(=O)c2ccc3c(c2)N(C[C@@H]2CC[C@H]21)C[C@@]1(CCCc2cc(Cl)ccc21)CO3. The third-order valence-electron chi connectivity index (χ3n) is 15.0. The number of carbonyl (C=O) groups excluding carboxylic acids is 1. The molecule has 2 saturated heterocycles. The number of allylic oxidation sites excluding steroid dienone is 1. The number of piperazine rings is 1. The molecule has 1 spiro atoms. The molecule has 1 N–H and O–H groups in total. The van der Waals surface area contributed by atoms with Gasteiger partial charge in [0.15, 0.2) is 0 Å². The van der Waals surface area contributed by atoms with Crippen LogP contribution >= 0.6 is 11.6 Å². The van der Waals surface area contributed by atoms with Crippen molar-refractivity contribution in [2.24, 2.45) is 17.8 Å². The lowest BCUT2D eigenvalue weighted by molar-refractivity contribution is -0.104. The molecule has 298 valence electrons. The van der Waals surface area contributed by atoms with Crippen LogP contribution in [0.4, 0.5) is 5.69 Å². The van der Waals surface area contributed by atoms with E-state index >= 15 is 0 Å². The quantitative estimate of drug-likeness (QED) is 0.325. The lowest BCUT2D eigenvalue weighted by atomic mass is 9.62. The van der Waals surface area contributed by atoms with E-state index in [-0.39, 0.29) is 11.3 Å². The zero-order valence-electron chi connectivity index (χ0n) is 32.7. The Hall–Kier alpha value is -2.63. The number of hydrogen-bond donors (Lipinski definition) is 1. The lowest BCUT2D eigenvalue weighted by Crippen LogP contribution is -2.57. The number of piperidine rings is 1. The highest BCUT2D eigenvalue weighted by Gasteiger charge is 2.60. The van der Waals surface area contributed by atoms with Gasteiger partial charge in [0.2, 0.25) is 10.0 Å². The highest BCUT2D eigenvalue weighted by Crippen LogP contribution is 2.53. The maximum atomic E-state index is 13.8. The van der Waals surface area contributed by atoms with E-state index in [1.54, 1.807) is 13.0 Å². The van der Waals surface area contributed by atoms with Gasteiger partial charge in [0.1, 0.15) is 5.75 Å². The van der Waals surface area contributed by atoms with Crippen LogP contribution in [0.1, 0.15) is 99.5 Å². The smallest absolute Gasteiger partial charge is 0.264 e. The normalized spacial score (nSPS) is 36.5. The van der Waals surface area contributed by atoms with Gasteiger partial charge in [-0.1, -0.05) is 36.2 Å². The number of nitrogens with one attached hydrogen (secondary N) is 1. The number of anilines is 1. The molecule has 0 radical (unpaired) electrons. The number of amides is 1. The van der Waals surface area contributed by atoms with E-state index in [0.717, 1.165) is 94.3 Å². The Morgan fingerprint density at radius 1 is 1.04 bits per heavy atom. The molecule has 4 fully saturated rings. The van der Waals surface area contributed by atoms with Crippen LogP contribution in [0.2, 0.25) is 5.02 Å². The monoisotopic (exact) mass is 790 g/mol. The van der Waals surface area contributed by atoms with Crippen LogP contribution in [-0.4, -0.2) is 99.5 Å². The molecule has 0 unspecified atom stereocenters. The van der Waals surface area contributed by atoms with E-state index in [4.69, 9.17) is 21.1 Å². The zero-order chi connectivity index (χ0) is 38.0. The van der Waals surface area contributed by atoms with E-state index in [0.29, 0.717) is 49.5 Å².